The van der Waals surface area contributed by atoms with Gasteiger partial charge in [-0.1, -0.05) is 19.9 Å². The number of rotatable bonds is 9. The summed E-state index contributed by atoms with van der Waals surface area (Å²) in [5.74, 6) is 2.26. The fourth-order valence-electron chi connectivity index (χ4n) is 3.25. The van der Waals surface area contributed by atoms with Crippen LogP contribution >= 0.6 is 24.0 Å². The van der Waals surface area contributed by atoms with Crippen molar-refractivity contribution < 1.29 is 8.42 Å². The third-order valence-electron chi connectivity index (χ3n) is 5.04. The maximum atomic E-state index is 12.7. The van der Waals surface area contributed by atoms with E-state index in [0.29, 0.717) is 50.6 Å². The molecule has 2 N–H and O–H groups in total. The molecule has 30 heavy (non-hydrogen) atoms. The molecule has 2 heterocycles. The summed E-state index contributed by atoms with van der Waals surface area (Å²) in [6.07, 6.45) is 3.95. The average molecular weight is 553 g/mol. The zero-order valence-corrected chi connectivity index (χ0v) is 21.7. The fourth-order valence-corrected chi connectivity index (χ4v) is 4.59. The summed E-state index contributed by atoms with van der Waals surface area (Å²) in [5.41, 5.74) is 0. The van der Waals surface area contributed by atoms with Gasteiger partial charge in [-0.25, -0.2) is 13.4 Å². The summed E-state index contributed by atoms with van der Waals surface area (Å²) in [6, 6.07) is 6.07. The van der Waals surface area contributed by atoms with E-state index >= 15 is 0 Å². The number of aliphatic imine (C=N–C) groups is 1. The average Bonchev–Trinajstić information content (AvgIpc) is 2.72. The molecule has 0 amide bonds. The van der Waals surface area contributed by atoms with E-state index in [2.05, 4.69) is 46.3 Å². The van der Waals surface area contributed by atoms with Gasteiger partial charge in [0.05, 0.1) is 5.75 Å². The fraction of sp³-hybridized carbons (Fsp3) is 0.700. The van der Waals surface area contributed by atoms with E-state index in [-0.39, 0.29) is 29.7 Å². The Kier molecular flexibility index (Phi) is 11.9. The van der Waals surface area contributed by atoms with E-state index in [1.165, 1.54) is 0 Å². The molecule has 8 nitrogen and oxygen atoms in total. The minimum Gasteiger partial charge on any atom is -0.355 e. The molecular weight excluding hydrogens is 515 g/mol. The summed E-state index contributed by atoms with van der Waals surface area (Å²) in [6.45, 7) is 9.14. The molecule has 172 valence electrons. The van der Waals surface area contributed by atoms with Gasteiger partial charge in [-0.05, 0) is 37.8 Å². The Morgan fingerprint density at radius 2 is 1.87 bits per heavy atom. The highest BCUT2D eigenvalue weighted by Gasteiger charge is 2.27. The summed E-state index contributed by atoms with van der Waals surface area (Å²) in [4.78, 5) is 10.7. The van der Waals surface area contributed by atoms with Crippen LogP contribution < -0.4 is 15.5 Å². The Bertz CT molecular complexity index is 737. The maximum absolute atomic E-state index is 12.7. The molecule has 1 aromatic heterocycles. The second kappa shape index (κ2) is 13.3. The molecule has 0 aromatic carbocycles. The first-order valence-electron chi connectivity index (χ1n) is 10.4. The van der Waals surface area contributed by atoms with Crippen LogP contribution in [0.4, 0.5) is 5.82 Å². The molecule has 0 aliphatic carbocycles. The van der Waals surface area contributed by atoms with Gasteiger partial charge in [-0.3, -0.25) is 4.99 Å². The van der Waals surface area contributed by atoms with E-state index in [1.807, 2.05) is 18.2 Å². The van der Waals surface area contributed by atoms with Crippen molar-refractivity contribution in [1.82, 2.24) is 19.9 Å². The Balaban J connectivity index is 0.00000450. The Morgan fingerprint density at radius 1 is 1.17 bits per heavy atom. The first-order chi connectivity index (χ1) is 13.8. The highest BCUT2D eigenvalue weighted by molar-refractivity contribution is 14.0. The molecule has 1 aliphatic rings. The predicted molar refractivity (Wildman–Crippen MR) is 135 cm³/mol. The molecule has 1 unspecified atom stereocenters. The number of sulfonamides is 1. The quantitative estimate of drug-likeness (QED) is 0.277. The summed E-state index contributed by atoms with van der Waals surface area (Å²) in [5, 5.41) is 6.46. The first-order valence-corrected chi connectivity index (χ1v) is 12.0. The van der Waals surface area contributed by atoms with Crippen LogP contribution in [0.5, 0.6) is 0 Å². The van der Waals surface area contributed by atoms with Crippen LogP contribution in [0.3, 0.4) is 0 Å². The molecule has 2 rings (SSSR count). The Morgan fingerprint density at radius 3 is 2.43 bits per heavy atom. The van der Waals surface area contributed by atoms with Crippen molar-refractivity contribution in [1.29, 1.82) is 0 Å². The van der Waals surface area contributed by atoms with Crippen LogP contribution in [0.1, 0.15) is 33.6 Å². The van der Waals surface area contributed by atoms with Gasteiger partial charge in [0.15, 0.2) is 5.96 Å². The zero-order valence-electron chi connectivity index (χ0n) is 18.5. The number of guanidine groups is 1. The van der Waals surface area contributed by atoms with Crippen molar-refractivity contribution in [2.75, 3.05) is 50.4 Å². The second-order valence-corrected chi connectivity index (χ2v) is 9.99. The molecule has 1 fully saturated rings. The largest absolute Gasteiger partial charge is 0.355 e. The molecular formula is C20H37IN6O2S. The predicted octanol–water partition coefficient (Wildman–Crippen LogP) is 2.14. The normalized spacial score (nSPS) is 16.8. The number of piperazine rings is 1. The summed E-state index contributed by atoms with van der Waals surface area (Å²) in [7, 11) is -1.60. The lowest BCUT2D eigenvalue weighted by Crippen LogP contribution is -2.51. The molecule has 1 aliphatic heterocycles. The van der Waals surface area contributed by atoms with Gasteiger partial charge in [0, 0.05) is 52.0 Å². The van der Waals surface area contributed by atoms with E-state index in [4.69, 9.17) is 0 Å². The van der Waals surface area contributed by atoms with E-state index in [0.717, 1.165) is 18.7 Å². The smallest absolute Gasteiger partial charge is 0.215 e. The third-order valence-corrected chi connectivity index (χ3v) is 6.91. The zero-order chi connectivity index (χ0) is 21.3. The van der Waals surface area contributed by atoms with Crippen LogP contribution in [0, 0.1) is 5.92 Å². The number of nitrogens with one attached hydrogen (secondary N) is 2. The van der Waals surface area contributed by atoms with Gasteiger partial charge >= 0.3 is 0 Å². The van der Waals surface area contributed by atoms with Gasteiger partial charge in [-0.15, -0.1) is 24.0 Å². The lowest BCUT2D eigenvalue weighted by molar-refractivity contribution is 0.383. The molecule has 1 saturated heterocycles. The number of pyridine rings is 1. The molecule has 0 saturated carbocycles. The molecule has 1 aromatic rings. The number of halogens is 1. The Hall–Kier alpha value is -1.14. The molecule has 0 radical (unpaired) electrons. The van der Waals surface area contributed by atoms with Crippen molar-refractivity contribution >= 4 is 45.8 Å². The van der Waals surface area contributed by atoms with Crippen LogP contribution in [-0.2, 0) is 10.0 Å². The van der Waals surface area contributed by atoms with E-state index in [9.17, 15) is 8.42 Å². The van der Waals surface area contributed by atoms with E-state index < -0.39 is 10.0 Å². The summed E-state index contributed by atoms with van der Waals surface area (Å²) < 4.78 is 27.0. The van der Waals surface area contributed by atoms with Crippen LogP contribution in [0.2, 0.25) is 0 Å². The number of hydrogen-bond acceptors (Lipinski definition) is 5. The minimum atomic E-state index is -3.30. The van der Waals surface area contributed by atoms with Crippen LogP contribution in [-0.4, -0.2) is 75.2 Å². The number of hydrogen-bond donors (Lipinski definition) is 2. The molecule has 10 heteroatoms. The van der Waals surface area contributed by atoms with Crippen molar-refractivity contribution in [2.45, 2.75) is 39.7 Å². The van der Waals surface area contributed by atoms with Crippen LogP contribution in [0.25, 0.3) is 0 Å². The summed E-state index contributed by atoms with van der Waals surface area (Å²) >= 11 is 0. The molecule has 0 bridgehead atoms. The first kappa shape index (κ1) is 26.9. The monoisotopic (exact) mass is 552 g/mol. The number of aromatic nitrogens is 1. The standard InChI is InChI=1S/C20H36N6O2S.HI/c1-17(2)8-9-18(3)24-20(21-4)23-11-16-29(27,28)26-14-12-25(13-15-26)19-7-5-6-10-22-19;/h5-7,10,17-18H,8-9,11-16H2,1-4H3,(H2,21,23,24);1H. The second-order valence-electron chi connectivity index (χ2n) is 7.91. The number of anilines is 1. The Labute approximate surface area is 199 Å². The van der Waals surface area contributed by atoms with Crippen molar-refractivity contribution in [3.05, 3.63) is 24.4 Å². The number of nitrogens with zero attached hydrogens (tertiary/aromatic N) is 4. The van der Waals surface area contributed by atoms with Gasteiger partial charge in [0.1, 0.15) is 5.82 Å². The van der Waals surface area contributed by atoms with Gasteiger partial charge in [0.2, 0.25) is 10.0 Å². The lowest BCUT2D eigenvalue weighted by Gasteiger charge is -2.34. The lowest BCUT2D eigenvalue weighted by atomic mass is 10.0. The van der Waals surface area contributed by atoms with Crippen LogP contribution in [0.15, 0.2) is 29.4 Å². The topological polar surface area (TPSA) is 89.9 Å². The molecule has 1 atom stereocenters. The van der Waals surface area contributed by atoms with Gasteiger partial charge < -0.3 is 15.5 Å². The van der Waals surface area contributed by atoms with Crippen molar-refractivity contribution in [3.63, 3.8) is 0 Å². The minimum absolute atomic E-state index is 0. The highest BCUT2D eigenvalue weighted by atomic mass is 127. The van der Waals surface area contributed by atoms with Crippen molar-refractivity contribution in [3.8, 4) is 0 Å². The highest BCUT2D eigenvalue weighted by Crippen LogP contribution is 2.14. The van der Waals surface area contributed by atoms with Crippen molar-refractivity contribution in [2.24, 2.45) is 10.9 Å². The SMILES string of the molecule is CN=C(NCCS(=O)(=O)N1CCN(c2ccccn2)CC1)NC(C)CCC(C)C.I. The molecule has 0 spiro atoms. The van der Waals surface area contributed by atoms with E-state index in [1.54, 1.807) is 17.5 Å². The maximum Gasteiger partial charge on any atom is 0.215 e. The van der Waals surface area contributed by atoms with Gasteiger partial charge in [-0.2, -0.15) is 4.31 Å². The van der Waals surface area contributed by atoms with Gasteiger partial charge in [0.25, 0.3) is 0 Å². The third kappa shape index (κ3) is 8.93.